The fourth-order valence-electron chi connectivity index (χ4n) is 3.21. The standard InChI is InChI=1S/C15H27NO/c1-15(17,12-14-10-6-7-11-16-14)13-8-4-2-3-5-9-13/h8,14,16-17H,2-7,9-12H2,1H3. The summed E-state index contributed by atoms with van der Waals surface area (Å²) in [5.74, 6) is 0. The molecule has 1 fully saturated rings. The van der Waals surface area contributed by atoms with Gasteiger partial charge in [-0.15, -0.1) is 0 Å². The van der Waals surface area contributed by atoms with Crippen LogP contribution >= 0.6 is 0 Å². The predicted octanol–water partition coefficient (Wildman–Crippen LogP) is 3.16. The number of rotatable bonds is 3. The minimum atomic E-state index is -0.584. The van der Waals surface area contributed by atoms with E-state index in [1.807, 2.05) is 6.92 Å². The third-order valence-corrected chi connectivity index (χ3v) is 4.29. The second-order valence-electron chi connectivity index (χ2n) is 5.95. The number of hydrogen-bond donors (Lipinski definition) is 2. The van der Waals surface area contributed by atoms with Crippen molar-refractivity contribution in [1.29, 1.82) is 0 Å². The van der Waals surface area contributed by atoms with E-state index in [0.29, 0.717) is 6.04 Å². The summed E-state index contributed by atoms with van der Waals surface area (Å²) in [6.07, 6.45) is 13.1. The van der Waals surface area contributed by atoms with E-state index < -0.39 is 5.60 Å². The topological polar surface area (TPSA) is 32.3 Å². The second-order valence-corrected chi connectivity index (χ2v) is 5.95. The normalized spacial score (nSPS) is 30.2. The molecule has 2 unspecified atom stereocenters. The van der Waals surface area contributed by atoms with Crippen molar-refractivity contribution in [2.45, 2.75) is 76.4 Å². The first-order chi connectivity index (χ1) is 8.18. The molecular formula is C15H27NO. The minimum absolute atomic E-state index is 0.517. The fraction of sp³-hybridized carbons (Fsp3) is 0.867. The van der Waals surface area contributed by atoms with Gasteiger partial charge in [-0.1, -0.05) is 18.9 Å². The molecule has 17 heavy (non-hydrogen) atoms. The largest absolute Gasteiger partial charge is 0.386 e. The zero-order valence-corrected chi connectivity index (χ0v) is 11.2. The molecule has 2 heteroatoms. The Morgan fingerprint density at radius 2 is 2.18 bits per heavy atom. The summed E-state index contributed by atoms with van der Waals surface area (Å²) in [5, 5.41) is 14.3. The van der Waals surface area contributed by atoms with Crippen LogP contribution in [0, 0.1) is 0 Å². The van der Waals surface area contributed by atoms with Gasteiger partial charge in [0.25, 0.3) is 0 Å². The highest BCUT2D eigenvalue weighted by atomic mass is 16.3. The van der Waals surface area contributed by atoms with E-state index in [9.17, 15) is 5.11 Å². The maximum atomic E-state index is 10.7. The van der Waals surface area contributed by atoms with Gasteiger partial charge in [-0.3, -0.25) is 0 Å². The van der Waals surface area contributed by atoms with Crippen LogP contribution in [-0.4, -0.2) is 23.3 Å². The highest BCUT2D eigenvalue weighted by Gasteiger charge is 2.30. The third-order valence-electron chi connectivity index (χ3n) is 4.29. The van der Waals surface area contributed by atoms with Crippen molar-refractivity contribution in [2.24, 2.45) is 0 Å². The Morgan fingerprint density at radius 3 is 2.94 bits per heavy atom. The van der Waals surface area contributed by atoms with E-state index in [2.05, 4.69) is 11.4 Å². The molecule has 0 saturated carbocycles. The zero-order chi connectivity index (χ0) is 12.1. The predicted molar refractivity (Wildman–Crippen MR) is 72.1 cm³/mol. The molecule has 1 aliphatic heterocycles. The highest BCUT2D eigenvalue weighted by molar-refractivity contribution is 5.17. The van der Waals surface area contributed by atoms with Crippen molar-refractivity contribution in [3.8, 4) is 0 Å². The van der Waals surface area contributed by atoms with Crippen molar-refractivity contribution >= 4 is 0 Å². The van der Waals surface area contributed by atoms with E-state index in [1.54, 1.807) is 0 Å². The summed E-state index contributed by atoms with van der Waals surface area (Å²) in [6.45, 7) is 3.14. The maximum Gasteiger partial charge on any atom is 0.0843 e. The lowest BCUT2D eigenvalue weighted by molar-refractivity contribution is 0.0688. The molecule has 2 aliphatic rings. The van der Waals surface area contributed by atoms with Gasteiger partial charge in [0.05, 0.1) is 5.60 Å². The summed E-state index contributed by atoms with van der Waals surface area (Å²) in [7, 11) is 0. The third kappa shape index (κ3) is 3.82. The fourth-order valence-corrected chi connectivity index (χ4v) is 3.21. The summed E-state index contributed by atoms with van der Waals surface area (Å²) in [4.78, 5) is 0. The molecule has 0 aromatic heterocycles. The lowest BCUT2D eigenvalue weighted by Crippen LogP contribution is -2.41. The van der Waals surface area contributed by atoms with Crippen LogP contribution in [-0.2, 0) is 0 Å². The second kappa shape index (κ2) is 6.01. The van der Waals surface area contributed by atoms with Crippen LogP contribution in [0.4, 0.5) is 0 Å². The van der Waals surface area contributed by atoms with E-state index in [4.69, 9.17) is 0 Å². The lowest BCUT2D eigenvalue weighted by Gasteiger charge is -2.33. The summed E-state index contributed by atoms with van der Waals surface area (Å²) in [5.41, 5.74) is 0.710. The summed E-state index contributed by atoms with van der Waals surface area (Å²) < 4.78 is 0. The van der Waals surface area contributed by atoms with Crippen LogP contribution in [0.3, 0.4) is 0 Å². The Morgan fingerprint density at radius 1 is 1.29 bits per heavy atom. The molecule has 0 bridgehead atoms. The van der Waals surface area contributed by atoms with Crippen LogP contribution in [0.15, 0.2) is 11.6 Å². The Balaban J connectivity index is 1.93. The minimum Gasteiger partial charge on any atom is -0.386 e. The van der Waals surface area contributed by atoms with Gasteiger partial charge in [0.2, 0.25) is 0 Å². The first-order valence-corrected chi connectivity index (χ1v) is 7.34. The molecule has 98 valence electrons. The Kier molecular flexibility index (Phi) is 4.63. The number of piperidine rings is 1. The zero-order valence-electron chi connectivity index (χ0n) is 11.2. The first-order valence-electron chi connectivity index (χ1n) is 7.34. The molecule has 2 atom stereocenters. The number of aliphatic hydroxyl groups is 1. The van der Waals surface area contributed by atoms with Gasteiger partial charge < -0.3 is 10.4 Å². The lowest BCUT2D eigenvalue weighted by atomic mass is 9.84. The summed E-state index contributed by atoms with van der Waals surface area (Å²) in [6, 6.07) is 0.517. The molecule has 2 nitrogen and oxygen atoms in total. The smallest absolute Gasteiger partial charge is 0.0843 e. The average molecular weight is 237 g/mol. The molecule has 0 aromatic rings. The van der Waals surface area contributed by atoms with E-state index >= 15 is 0 Å². The van der Waals surface area contributed by atoms with Crippen molar-refractivity contribution < 1.29 is 5.11 Å². The van der Waals surface area contributed by atoms with E-state index in [-0.39, 0.29) is 0 Å². The Bertz CT molecular complexity index is 264. The Labute approximate surface area is 105 Å². The van der Waals surface area contributed by atoms with Crippen molar-refractivity contribution in [1.82, 2.24) is 5.32 Å². The number of allylic oxidation sites excluding steroid dienone is 1. The van der Waals surface area contributed by atoms with Crippen molar-refractivity contribution in [3.63, 3.8) is 0 Å². The maximum absolute atomic E-state index is 10.7. The van der Waals surface area contributed by atoms with Gasteiger partial charge in [-0.05, 0) is 64.0 Å². The monoisotopic (exact) mass is 237 g/mol. The molecule has 0 amide bonds. The van der Waals surface area contributed by atoms with E-state index in [1.165, 1.54) is 44.1 Å². The number of nitrogens with one attached hydrogen (secondary N) is 1. The summed E-state index contributed by atoms with van der Waals surface area (Å²) >= 11 is 0. The van der Waals surface area contributed by atoms with Crippen LogP contribution in [0.2, 0.25) is 0 Å². The van der Waals surface area contributed by atoms with Gasteiger partial charge in [0.15, 0.2) is 0 Å². The molecule has 2 rings (SSSR count). The molecule has 1 heterocycles. The van der Waals surface area contributed by atoms with Crippen LogP contribution < -0.4 is 5.32 Å². The van der Waals surface area contributed by atoms with Gasteiger partial charge in [-0.25, -0.2) is 0 Å². The van der Waals surface area contributed by atoms with Gasteiger partial charge in [-0.2, -0.15) is 0 Å². The molecule has 1 saturated heterocycles. The SMILES string of the molecule is CC(O)(CC1CCCCN1)C1=CCCCCC1. The first kappa shape index (κ1) is 13.1. The van der Waals surface area contributed by atoms with Gasteiger partial charge in [0.1, 0.15) is 0 Å². The quantitative estimate of drug-likeness (QED) is 0.739. The van der Waals surface area contributed by atoms with E-state index in [0.717, 1.165) is 25.8 Å². The molecule has 0 radical (unpaired) electrons. The van der Waals surface area contributed by atoms with Crippen LogP contribution in [0.25, 0.3) is 0 Å². The molecule has 0 aromatic carbocycles. The highest BCUT2D eigenvalue weighted by Crippen LogP contribution is 2.31. The Hall–Kier alpha value is -0.340. The van der Waals surface area contributed by atoms with Crippen molar-refractivity contribution in [3.05, 3.63) is 11.6 Å². The molecule has 1 aliphatic carbocycles. The van der Waals surface area contributed by atoms with Crippen LogP contribution in [0.5, 0.6) is 0 Å². The van der Waals surface area contributed by atoms with Crippen molar-refractivity contribution in [2.75, 3.05) is 6.54 Å². The van der Waals surface area contributed by atoms with Crippen LogP contribution in [0.1, 0.15) is 64.7 Å². The molecule has 0 spiro atoms. The molecular weight excluding hydrogens is 210 g/mol. The average Bonchev–Trinajstić information content (AvgIpc) is 2.58. The number of hydrogen-bond acceptors (Lipinski definition) is 2. The molecule has 2 N–H and O–H groups in total. The van der Waals surface area contributed by atoms with Gasteiger partial charge in [0, 0.05) is 6.04 Å². The van der Waals surface area contributed by atoms with Gasteiger partial charge >= 0.3 is 0 Å².